The third kappa shape index (κ3) is 3.87. The first-order chi connectivity index (χ1) is 17.9. The Balaban J connectivity index is 1.44. The predicted molar refractivity (Wildman–Crippen MR) is 139 cm³/mol. The fourth-order valence-corrected chi connectivity index (χ4v) is 8.20. The number of fused-ring (bicyclic) bond motifs is 1. The van der Waals surface area contributed by atoms with E-state index in [1.807, 2.05) is 6.92 Å². The first kappa shape index (κ1) is 27.3. The molecule has 38 heavy (non-hydrogen) atoms. The molecule has 3 aliphatic carbocycles. The van der Waals surface area contributed by atoms with Crippen LogP contribution in [-0.4, -0.2) is 47.8 Å². The molecule has 1 aromatic carbocycles. The maximum atomic E-state index is 14.9. The van der Waals surface area contributed by atoms with Gasteiger partial charge in [-0.2, -0.15) is 0 Å². The Hall–Kier alpha value is -2.23. The number of carbonyl (C=O) groups is 2. The summed E-state index contributed by atoms with van der Waals surface area (Å²) in [6.07, 6.45) is 3.54. The van der Waals surface area contributed by atoms with Crippen molar-refractivity contribution in [3.8, 4) is 5.75 Å². The van der Waals surface area contributed by atoms with Gasteiger partial charge in [0.2, 0.25) is 0 Å². The first-order valence-corrected chi connectivity index (χ1v) is 13.7. The number of rotatable bonds is 5. The summed E-state index contributed by atoms with van der Waals surface area (Å²) in [5.74, 6) is -1.78. The van der Waals surface area contributed by atoms with E-state index in [4.69, 9.17) is 14.1 Å². The van der Waals surface area contributed by atoms with Crippen molar-refractivity contribution in [1.29, 1.82) is 0 Å². The number of ether oxygens (including phenoxy) is 2. The largest absolute Gasteiger partial charge is 0.494 e. The average molecular weight is 528 g/mol. The number of Topliss-reactive ketones (excluding diaryl/α,β-unsaturated/α-hetero) is 1. The van der Waals surface area contributed by atoms with Crippen LogP contribution in [0.5, 0.6) is 5.75 Å². The normalized spacial score (nSPS) is 40.1. The Morgan fingerprint density at radius 3 is 2.76 bits per heavy atom. The van der Waals surface area contributed by atoms with Crippen LogP contribution in [-0.2, 0) is 25.6 Å². The van der Waals surface area contributed by atoms with Gasteiger partial charge < -0.3 is 24.3 Å². The number of benzene rings is 1. The standard InChI is InChI=1S/C29H38BFO7/c1-6-27(4)13-21(38-22(33)15-36-20-8-7-18-14-37-30(35)23(18)24(20)31)28(5)16(2)9-11-29(17(3)26(27)34)12-10-19(32)25(28)29/h6-8,16-17,21,25-26,34-35H,1,9-15H2,2-5H3. The highest BCUT2D eigenvalue weighted by molar-refractivity contribution is 6.61. The summed E-state index contributed by atoms with van der Waals surface area (Å²) in [5.41, 5.74) is -1.20. The maximum Gasteiger partial charge on any atom is 0.494 e. The Kier molecular flexibility index (Phi) is 6.80. The molecule has 8 unspecified atom stereocenters. The van der Waals surface area contributed by atoms with Crippen LogP contribution in [0.2, 0.25) is 0 Å². The molecule has 3 fully saturated rings. The van der Waals surface area contributed by atoms with E-state index in [0.717, 1.165) is 19.3 Å². The van der Waals surface area contributed by atoms with Gasteiger partial charge in [-0.15, -0.1) is 6.58 Å². The van der Waals surface area contributed by atoms with Gasteiger partial charge in [-0.3, -0.25) is 4.79 Å². The monoisotopic (exact) mass is 528 g/mol. The number of aliphatic hydroxyl groups is 1. The van der Waals surface area contributed by atoms with Gasteiger partial charge in [0.25, 0.3) is 0 Å². The van der Waals surface area contributed by atoms with Gasteiger partial charge in [-0.1, -0.05) is 39.8 Å². The molecule has 4 aliphatic rings. The molecule has 0 aromatic heterocycles. The molecule has 2 N–H and O–H groups in total. The molecular weight excluding hydrogens is 490 g/mol. The molecule has 1 heterocycles. The van der Waals surface area contributed by atoms with Crippen LogP contribution >= 0.6 is 0 Å². The number of esters is 1. The van der Waals surface area contributed by atoms with Gasteiger partial charge in [0.1, 0.15) is 11.9 Å². The average Bonchev–Trinajstić information content (AvgIpc) is 3.45. The molecule has 8 atom stereocenters. The smallest absolute Gasteiger partial charge is 0.479 e. The van der Waals surface area contributed by atoms with E-state index in [2.05, 4.69) is 27.4 Å². The van der Waals surface area contributed by atoms with Gasteiger partial charge in [-0.25, -0.2) is 9.18 Å². The van der Waals surface area contributed by atoms with E-state index in [0.29, 0.717) is 18.4 Å². The molecule has 3 saturated carbocycles. The van der Waals surface area contributed by atoms with Crippen LogP contribution in [0.25, 0.3) is 0 Å². The third-order valence-electron chi connectivity index (χ3n) is 10.8. The van der Waals surface area contributed by atoms with Crippen LogP contribution in [0.4, 0.5) is 4.39 Å². The molecule has 206 valence electrons. The quantitative estimate of drug-likeness (QED) is 0.344. The molecular formula is C29H38BFO7. The van der Waals surface area contributed by atoms with Crippen molar-refractivity contribution in [2.45, 2.75) is 78.6 Å². The Labute approximate surface area is 223 Å². The number of ketones is 1. The van der Waals surface area contributed by atoms with Crippen molar-refractivity contribution in [3.05, 3.63) is 36.2 Å². The van der Waals surface area contributed by atoms with E-state index in [1.54, 1.807) is 12.1 Å². The van der Waals surface area contributed by atoms with Crippen molar-refractivity contribution >= 4 is 24.3 Å². The third-order valence-corrected chi connectivity index (χ3v) is 10.8. The van der Waals surface area contributed by atoms with Crippen LogP contribution in [0.15, 0.2) is 24.8 Å². The van der Waals surface area contributed by atoms with E-state index >= 15 is 0 Å². The van der Waals surface area contributed by atoms with Crippen LogP contribution in [0.3, 0.4) is 0 Å². The molecule has 0 saturated heterocycles. The van der Waals surface area contributed by atoms with E-state index in [9.17, 15) is 24.1 Å². The zero-order valence-corrected chi connectivity index (χ0v) is 22.7. The predicted octanol–water partition coefficient (Wildman–Crippen LogP) is 3.33. The van der Waals surface area contributed by atoms with Gasteiger partial charge >= 0.3 is 13.1 Å². The minimum Gasteiger partial charge on any atom is -0.479 e. The molecule has 5 rings (SSSR count). The topological polar surface area (TPSA) is 102 Å². The second kappa shape index (κ2) is 9.45. The van der Waals surface area contributed by atoms with Gasteiger partial charge in [0.15, 0.2) is 18.2 Å². The lowest BCUT2D eigenvalue weighted by Gasteiger charge is -2.61. The number of aliphatic hydroxyl groups excluding tert-OH is 1. The molecule has 9 heteroatoms. The van der Waals surface area contributed by atoms with E-state index in [-0.39, 0.29) is 46.8 Å². The lowest BCUT2D eigenvalue weighted by molar-refractivity contribution is -0.207. The lowest BCUT2D eigenvalue weighted by atomic mass is 9.44. The lowest BCUT2D eigenvalue weighted by Crippen LogP contribution is -2.63. The molecule has 1 aliphatic heterocycles. The number of halogens is 1. The molecule has 0 amide bonds. The van der Waals surface area contributed by atoms with Gasteiger partial charge in [0, 0.05) is 28.6 Å². The summed E-state index contributed by atoms with van der Waals surface area (Å²) in [7, 11) is -1.38. The van der Waals surface area contributed by atoms with Crippen molar-refractivity contribution in [2.24, 2.45) is 34.0 Å². The van der Waals surface area contributed by atoms with Crippen molar-refractivity contribution in [3.63, 3.8) is 0 Å². The Bertz CT molecular complexity index is 1160. The minimum absolute atomic E-state index is 0.0142. The summed E-state index contributed by atoms with van der Waals surface area (Å²) in [4.78, 5) is 26.7. The SMILES string of the molecule is C=CC1(C)CC(OC(=O)COc2ccc3c(c2F)B(O)OC3)C2(C)C(C)CCC3(CCC(=O)C32)C(C)C1O. The van der Waals surface area contributed by atoms with Crippen molar-refractivity contribution < 1.29 is 38.2 Å². The second-order valence-corrected chi connectivity index (χ2v) is 12.5. The summed E-state index contributed by atoms with van der Waals surface area (Å²) >= 11 is 0. The maximum absolute atomic E-state index is 14.9. The fraction of sp³-hybridized carbons (Fsp3) is 0.655. The van der Waals surface area contributed by atoms with Crippen molar-refractivity contribution in [2.75, 3.05) is 6.61 Å². The highest BCUT2D eigenvalue weighted by atomic mass is 19.1. The van der Waals surface area contributed by atoms with E-state index in [1.165, 1.54) is 6.07 Å². The fourth-order valence-electron chi connectivity index (χ4n) is 8.20. The van der Waals surface area contributed by atoms with Gasteiger partial charge in [-0.05, 0) is 54.6 Å². The first-order valence-electron chi connectivity index (χ1n) is 13.7. The summed E-state index contributed by atoms with van der Waals surface area (Å²) in [6, 6.07) is 3.00. The summed E-state index contributed by atoms with van der Waals surface area (Å²) < 4.78 is 31.6. The zero-order valence-electron chi connectivity index (χ0n) is 22.7. The molecule has 1 aromatic rings. The summed E-state index contributed by atoms with van der Waals surface area (Å²) in [6.45, 7) is 11.7. The Morgan fingerprint density at radius 2 is 2.05 bits per heavy atom. The van der Waals surface area contributed by atoms with Crippen LogP contribution in [0.1, 0.15) is 65.4 Å². The molecule has 2 bridgehead atoms. The highest BCUT2D eigenvalue weighted by Crippen LogP contribution is 2.68. The van der Waals surface area contributed by atoms with Gasteiger partial charge in [0.05, 0.1) is 12.7 Å². The van der Waals surface area contributed by atoms with Crippen LogP contribution in [0, 0.1) is 39.8 Å². The minimum atomic E-state index is -1.38. The highest BCUT2D eigenvalue weighted by Gasteiger charge is 2.68. The van der Waals surface area contributed by atoms with Crippen molar-refractivity contribution in [1.82, 2.24) is 0 Å². The summed E-state index contributed by atoms with van der Waals surface area (Å²) in [5, 5.41) is 21.5. The second-order valence-electron chi connectivity index (χ2n) is 12.5. The number of hydrogen-bond donors (Lipinski definition) is 2. The Morgan fingerprint density at radius 1 is 1.32 bits per heavy atom. The molecule has 7 nitrogen and oxygen atoms in total. The molecule has 0 radical (unpaired) electrons. The van der Waals surface area contributed by atoms with Crippen LogP contribution < -0.4 is 10.2 Å². The number of carbonyl (C=O) groups excluding carboxylic acids is 2. The van der Waals surface area contributed by atoms with E-state index < -0.39 is 48.5 Å². The molecule has 0 spiro atoms. The number of hydrogen-bond acceptors (Lipinski definition) is 7. The zero-order chi connectivity index (χ0) is 27.6.